The fourth-order valence-corrected chi connectivity index (χ4v) is 5.56. The van der Waals surface area contributed by atoms with Gasteiger partial charge in [-0.1, -0.05) is 47.5 Å². The number of aliphatic imine (C=N–C) groups is 1. The van der Waals surface area contributed by atoms with Gasteiger partial charge in [0.25, 0.3) is 0 Å². The summed E-state index contributed by atoms with van der Waals surface area (Å²) in [7, 11) is 4.24. The normalized spacial score (nSPS) is 19.3. The Morgan fingerprint density at radius 3 is 2.07 bits per heavy atom. The van der Waals surface area contributed by atoms with E-state index in [1.807, 2.05) is 0 Å². The molecular formula is C32H35Cl2F3N4O3. The molecule has 3 aromatic rings. The number of rotatable bonds is 6. The number of hydrogen-bond acceptors (Lipinski definition) is 5. The lowest BCUT2D eigenvalue weighted by atomic mass is 9.94. The van der Waals surface area contributed by atoms with Crippen molar-refractivity contribution >= 4 is 35.1 Å². The Balaban J connectivity index is 0.000000421. The number of ether oxygens (including phenoxy) is 1. The van der Waals surface area contributed by atoms with Crippen LogP contribution in [0.3, 0.4) is 0 Å². The molecule has 0 radical (unpaired) electrons. The molecule has 2 unspecified atom stereocenters. The second-order valence-corrected chi connectivity index (χ2v) is 11.5. The summed E-state index contributed by atoms with van der Waals surface area (Å²) in [4.78, 5) is 20.7. The predicted molar refractivity (Wildman–Crippen MR) is 167 cm³/mol. The number of nitrogens with zero attached hydrogens (tertiary/aromatic N) is 3. The van der Waals surface area contributed by atoms with Gasteiger partial charge in [0.1, 0.15) is 17.6 Å². The fourth-order valence-electron chi connectivity index (χ4n) is 5.31. The Morgan fingerprint density at radius 1 is 1.00 bits per heavy atom. The molecule has 0 saturated carbocycles. The first-order valence-corrected chi connectivity index (χ1v) is 15.0. The number of amidine groups is 1. The molecule has 0 spiro atoms. The zero-order valence-electron chi connectivity index (χ0n) is 24.6. The van der Waals surface area contributed by atoms with E-state index in [1.54, 1.807) is 55.5 Å². The average molecular weight is 652 g/mol. The molecule has 1 fully saturated rings. The number of carboxylic acid groups (broad SMARTS) is 1. The summed E-state index contributed by atoms with van der Waals surface area (Å²) < 4.78 is 45.5. The van der Waals surface area contributed by atoms with E-state index < -0.39 is 29.9 Å². The smallest absolute Gasteiger partial charge is 0.416 e. The highest BCUT2D eigenvalue weighted by Crippen LogP contribution is 2.45. The summed E-state index contributed by atoms with van der Waals surface area (Å²) in [6.07, 6.45) is -3.28. The lowest BCUT2D eigenvalue weighted by Crippen LogP contribution is -2.39. The maximum Gasteiger partial charge on any atom is 0.416 e. The van der Waals surface area contributed by atoms with Crippen molar-refractivity contribution in [2.24, 2.45) is 4.99 Å². The summed E-state index contributed by atoms with van der Waals surface area (Å²) in [5.41, 5.74) is 0.521. The van der Waals surface area contributed by atoms with Gasteiger partial charge < -0.3 is 20.1 Å². The molecule has 7 nitrogen and oxygen atoms in total. The Kier molecular flexibility index (Phi) is 11.2. The summed E-state index contributed by atoms with van der Waals surface area (Å²) in [5.74, 6) is -0.131. The molecule has 0 aliphatic carbocycles. The standard InChI is InChI=1S/C25H19Cl2F3N2O3.C7H16N2/c1-2-35-20-13-16(25(28,29)30)7-12-19(20)23-31-21(14-3-8-17(26)9-4-14)22(32(23)24(33)34)15-5-10-18(27)11-6-15;1-8-7-3-5-9(2)6-4-7/h3-13,21-22H,2H2,1H3,(H,33,34);7-8H,3-6H2,1-2H3. The number of likely N-dealkylation sites (tertiary alicyclic amines) is 1. The minimum atomic E-state index is -4.59. The van der Waals surface area contributed by atoms with E-state index in [0.29, 0.717) is 21.2 Å². The third-order valence-electron chi connectivity index (χ3n) is 7.67. The quantitative estimate of drug-likeness (QED) is 0.283. The molecule has 44 heavy (non-hydrogen) atoms. The van der Waals surface area contributed by atoms with Crippen LogP contribution >= 0.6 is 23.2 Å². The summed E-state index contributed by atoms with van der Waals surface area (Å²) in [6.45, 7) is 4.22. The molecule has 0 bridgehead atoms. The van der Waals surface area contributed by atoms with Crippen molar-refractivity contribution in [3.63, 3.8) is 0 Å². The molecule has 12 heteroatoms. The number of benzene rings is 3. The number of amides is 1. The molecule has 2 N–H and O–H groups in total. The van der Waals surface area contributed by atoms with Crippen molar-refractivity contribution in [2.45, 2.75) is 44.1 Å². The molecule has 2 heterocycles. The van der Waals surface area contributed by atoms with Gasteiger partial charge in [0.2, 0.25) is 0 Å². The van der Waals surface area contributed by atoms with E-state index in [-0.39, 0.29) is 23.8 Å². The second kappa shape index (κ2) is 14.6. The zero-order valence-corrected chi connectivity index (χ0v) is 26.1. The topological polar surface area (TPSA) is 77.4 Å². The maximum atomic E-state index is 13.3. The second-order valence-electron chi connectivity index (χ2n) is 10.6. The van der Waals surface area contributed by atoms with Crippen LogP contribution in [0.1, 0.15) is 54.1 Å². The van der Waals surface area contributed by atoms with Gasteiger partial charge in [-0.3, -0.25) is 9.89 Å². The van der Waals surface area contributed by atoms with Crippen LogP contribution in [0.2, 0.25) is 10.0 Å². The maximum absolute atomic E-state index is 13.3. The molecule has 1 saturated heterocycles. The van der Waals surface area contributed by atoms with Gasteiger partial charge in [-0.15, -0.1) is 0 Å². The van der Waals surface area contributed by atoms with Crippen molar-refractivity contribution in [2.75, 3.05) is 33.8 Å². The molecular weight excluding hydrogens is 616 g/mol. The van der Waals surface area contributed by atoms with Gasteiger partial charge in [-0.05, 0) is 101 Å². The first-order chi connectivity index (χ1) is 20.9. The van der Waals surface area contributed by atoms with Crippen LogP contribution in [-0.2, 0) is 6.18 Å². The van der Waals surface area contributed by atoms with Crippen LogP contribution < -0.4 is 10.1 Å². The highest BCUT2D eigenvalue weighted by molar-refractivity contribution is 6.30. The number of piperidine rings is 1. The third kappa shape index (κ3) is 8.04. The van der Waals surface area contributed by atoms with Crippen LogP contribution in [0, 0.1) is 0 Å². The minimum Gasteiger partial charge on any atom is -0.493 e. The Bertz CT molecular complexity index is 1440. The van der Waals surface area contributed by atoms with Crippen LogP contribution in [0.4, 0.5) is 18.0 Å². The highest BCUT2D eigenvalue weighted by atomic mass is 35.5. The average Bonchev–Trinajstić information content (AvgIpc) is 3.39. The van der Waals surface area contributed by atoms with Gasteiger partial charge in [0.05, 0.1) is 23.8 Å². The number of nitrogens with one attached hydrogen (secondary N) is 1. The van der Waals surface area contributed by atoms with Crippen LogP contribution in [0.25, 0.3) is 0 Å². The lowest BCUT2D eigenvalue weighted by molar-refractivity contribution is -0.137. The van der Waals surface area contributed by atoms with Gasteiger partial charge in [-0.2, -0.15) is 13.2 Å². The fraction of sp³-hybridized carbons (Fsp3) is 0.375. The number of hydrogen-bond donors (Lipinski definition) is 2. The van der Waals surface area contributed by atoms with E-state index in [4.69, 9.17) is 32.9 Å². The van der Waals surface area contributed by atoms with E-state index in [2.05, 4.69) is 24.3 Å². The zero-order chi connectivity index (χ0) is 32.0. The summed E-state index contributed by atoms with van der Waals surface area (Å²) in [5, 5.41) is 14.5. The molecule has 3 aromatic carbocycles. The molecule has 0 aromatic heterocycles. The molecule has 2 aliphatic rings. The molecule has 2 aliphatic heterocycles. The Labute approximate surface area is 265 Å². The summed E-state index contributed by atoms with van der Waals surface area (Å²) >= 11 is 12.1. The van der Waals surface area contributed by atoms with Gasteiger partial charge in [0.15, 0.2) is 0 Å². The van der Waals surface area contributed by atoms with Gasteiger partial charge in [0, 0.05) is 16.1 Å². The van der Waals surface area contributed by atoms with E-state index in [9.17, 15) is 23.1 Å². The predicted octanol–water partition coefficient (Wildman–Crippen LogP) is 7.93. The van der Waals surface area contributed by atoms with Crippen molar-refractivity contribution < 1.29 is 27.8 Å². The van der Waals surface area contributed by atoms with Crippen LogP contribution in [0.5, 0.6) is 5.75 Å². The van der Waals surface area contributed by atoms with Crippen molar-refractivity contribution in [3.05, 3.63) is 99.0 Å². The van der Waals surface area contributed by atoms with Gasteiger partial charge >= 0.3 is 12.3 Å². The monoisotopic (exact) mass is 650 g/mol. The highest BCUT2D eigenvalue weighted by Gasteiger charge is 2.43. The molecule has 1 amide bonds. The first kappa shape index (κ1) is 33.6. The number of halogens is 5. The SMILES string of the molecule is CCOc1cc(C(F)(F)F)ccc1C1=NC(c2ccc(Cl)cc2)C(c2ccc(Cl)cc2)N1C(=O)O.CNC1CCN(C)CC1. The van der Waals surface area contributed by atoms with Crippen molar-refractivity contribution in [3.8, 4) is 5.75 Å². The molecule has 236 valence electrons. The number of alkyl halides is 3. The molecule has 2 atom stereocenters. The van der Waals surface area contributed by atoms with Crippen molar-refractivity contribution in [1.82, 2.24) is 15.1 Å². The van der Waals surface area contributed by atoms with E-state index >= 15 is 0 Å². The van der Waals surface area contributed by atoms with E-state index in [0.717, 1.165) is 23.1 Å². The Morgan fingerprint density at radius 2 is 1.57 bits per heavy atom. The third-order valence-corrected chi connectivity index (χ3v) is 8.18. The van der Waals surface area contributed by atoms with Gasteiger partial charge in [-0.25, -0.2) is 4.79 Å². The van der Waals surface area contributed by atoms with Crippen LogP contribution in [-0.4, -0.2) is 66.7 Å². The largest absolute Gasteiger partial charge is 0.493 e. The minimum absolute atomic E-state index is 0.0189. The van der Waals surface area contributed by atoms with Crippen molar-refractivity contribution in [1.29, 1.82) is 0 Å². The first-order valence-electron chi connectivity index (χ1n) is 14.2. The summed E-state index contributed by atoms with van der Waals surface area (Å²) in [6, 6.07) is 15.7. The number of carbonyl (C=O) groups is 1. The molecule has 5 rings (SSSR count). The lowest BCUT2D eigenvalue weighted by Gasteiger charge is -2.28. The Hall–Kier alpha value is -3.31. The van der Waals surface area contributed by atoms with Crippen LogP contribution in [0.15, 0.2) is 71.7 Å². The van der Waals surface area contributed by atoms with E-state index in [1.165, 1.54) is 32.0 Å².